The second-order valence-electron chi connectivity index (χ2n) is 6.10. The van der Waals surface area contributed by atoms with Gasteiger partial charge in [0.05, 0.1) is 13.2 Å². The second kappa shape index (κ2) is 6.08. The van der Waals surface area contributed by atoms with Crippen LogP contribution in [0.15, 0.2) is 36.4 Å². The van der Waals surface area contributed by atoms with Crippen molar-refractivity contribution in [2.75, 3.05) is 13.7 Å². The molecule has 4 rings (SSSR count). The molecule has 1 aliphatic rings. The van der Waals surface area contributed by atoms with Crippen LogP contribution in [0.5, 0.6) is 5.75 Å². The number of aromatic nitrogens is 1. The molecular formula is C19H16ClFN2O2. The van der Waals surface area contributed by atoms with E-state index in [0.717, 1.165) is 35.0 Å². The Balaban J connectivity index is 1.90. The Morgan fingerprint density at radius 2 is 2.16 bits per heavy atom. The van der Waals surface area contributed by atoms with E-state index >= 15 is 0 Å². The van der Waals surface area contributed by atoms with Crippen molar-refractivity contribution in [3.8, 4) is 5.75 Å². The Hall–Kier alpha value is -2.53. The van der Waals surface area contributed by atoms with Gasteiger partial charge in [0.1, 0.15) is 0 Å². The van der Waals surface area contributed by atoms with E-state index in [2.05, 4.69) is 4.98 Å². The Kier molecular flexibility index (Phi) is 3.88. The fourth-order valence-corrected chi connectivity index (χ4v) is 3.78. The SMILES string of the molecule is COc1ccc(C2c3[nH]c4ccc(Cl)cc4c3CCN2C=O)cc1F. The zero-order chi connectivity index (χ0) is 17.6. The number of nitrogens with one attached hydrogen (secondary N) is 1. The van der Waals surface area contributed by atoms with Gasteiger partial charge in [-0.15, -0.1) is 0 Å². The number of ether oxygens (including phenoxy) is 1. The summed E-state index contributed by atoms with van der Waals surface area (Å²) in [5.41, 5.74) is 3.68. The van der Waals surface area contributed by atoms with Crippen molar-refractivity contribution in [2.45, 2.75) is 12.5 Å². The molecule has 1 N–H and O–H groups in total. The molecule has 4 nitrogen and oxygen atoms in total. The van der Waals surface area contributed by atoms with Crippen LogP contribution < -0.4 is 4.74 Å². The van der Waals surface area contributed by atoms with E-state index < -0.39 is 5.82 Å². The first-order valence-electron chi connectivity index (χ1n) is 7.97. The molecule has 0 bridgehead atoms. The minimum Gasteiger partial charge on any atom is -0.494 e. The Labute approximate surface area is 149 Å². The van der Waals surface area contributed by atoms with Crippen LogP contribution >= 0.6 is 11.6 Å². The molecule has 0 saturated heterocycles. The smallest absolute Gasteiger partial charge is 0.210 e. The Morgan fingerprint density at radius 1 is 1.32 bits per heavy atom. The molecule has 0 saturated carbocycles. The van der Waals surface area contributed by atoms with E-state index in [0.29, 0.717) is 17.1 Å². The molecule has 1 amide bonds. The average molecular weight is 359 g/mol. The molecule has 25 heavy (non-hydrogen) atoms. The number of rotatable bonds is 3. The summed E-state index contributed by atoms with van der Waals surface area (Å²) in [5.74, 6) is -0.266. The zero-order valence-corrected chi connectivity index (χ0v) is 14.3. The minimum atomic E-state index is -0.447. The van der Waals surface area contributed by atoms with Crippen molar-refractivity contribution in [3.63, 3.8) is 0 Å². The van der Waals surface area contributed by atoms with Gasteiger partial charge in [0, 0.05) is 28.2 Å². The molecule has 0 aliphatic carbocycles. The van der Waals surface area contributed by atoms with Crippen molar-refractivity contribution in [1.29, 1.82) is 0 Å². The number of nitrogens with zero attached hydrogens (tertiary/aromatic N) is 1. The van der Waals surface area contributed by atoms with Gasteiger partial charge in [-0.25, -0.2) is 4.39 Å². The lowest BCUT2D eigenvalue weighted by Crippen LogP contribution is -2.35. The summed E-state index contributed by atoms with van der Waals surface area (Å²) < 4.78 is 19.2. The molecule has 1 aromatic heterocycles. The van der Waals surface area contributed by atoms with Crippen molar-refractivity contribution >= 4 is 28.9 Å². The highest BCUT2D eigenvalue weighted by Crippen LogP contribution is 2.39. The highest BCUT2D eigenvalue weighted by molar-refractivity contribution is 6.31. The lowest BCUT2D eigenvalue weighted by Gasteiger charge is -2.33. The van der Waals surface area contributed by atoms with E-state index in [1.807, 2.05) is 18.2 Å². The molecule has 1 aliphatic heterocycles. The minimum absolute atomic E-state index is 0.181. The van der Waals surface area contributed by atoms with Crippen molar-refractivity contribution < 1.29 is 13.9 Å². The first-order chi connectivity index (χ1) is 12.1. The fraction of sp³-hybridized carbons (Fsp3) is 0.211. The molecule has 1 atom stereocenters. The monoisotopic (exact) mass is 358 g/mol. The predicted molar refractivity (Wildman–Crippen MR) is 94.6 cm³/mol. The van der Waals surface area contributed by atoms with E-state index in [-0.39, 0.29) is 11.8 Å². The van der Waals surface area contributed by atoms with Crippen LogP contribution in [0.2, 0.25) is 5.02 Å². The molecule has 2 aromatic carbocycles. The van der Waals surface area contributed by atoms with E-state index in [9.17, 15) is 9.18 Å². The van der Waals surface area contributed by atoms with Crippen LogP contribution in [-0.4, -0.2) is 29.9 Å². The topological polar surface area (TPSA) is 45.3 Å². The van der Waals surface area contributed by atoms with Crippen LogP contribution in [0.1, 0.15) is 22.9 Å². The van der Waals surface area contributed by atoms with Gasteiger partial charge < -0.3 is 14.6 Å². The number of fused-ring (bicyclic) bond motifs is 3. The summed E-state index contributed by atoms with van der Waals surface area (Å²) in [5, 5.41) is 1.71. The summed E-state index contributed by atoms with van der Waals surface area (Å²) >= 11 is 6.14. The first kappa shape index (κ1) is 16.0. The van der Waals surface area contributed by atoms with Crippen LogP contribution in [0.25, 0.3) is 10.9 Å². The summed E-state index contributed by atoms with van der Waals surface area (Å²) in [4.78, 5) is 16.7. The van der Waals surface area contributed by atoms with E-state index in [4.69, 9.17) is 16.3 Å². The Morgan fingerprint density at radius 3 is 2.88 bits per heavy atom. The van der Waals surface area contributed by atoms with Gasteiger partial charge in [-0.3, -0.25) is 4.79 Å². The number of amides is 1. The number of H-pyrrole nitrogens is 1. The summed E-state index contributed by atoms with van der Waals surface area (Å²) in [6.07, 6.45) is 1.54. The van der Waals surface area contributed by atoms with Crippen LogP contribution in [0, 0.1) is 5.82 Å². The predicted octanol–water partition coefficient (Wildman–Crippen LogP) is 4.07. The maximum atomic E-state index is 14.2. The number of aromatic amines is 1. The number of hydrogen-bond acceptors (Lipinski definition) is 2. The average Bonchev–Trinajstić information content (AvgIpc) is 2.98. The quantitative estimate of drug-likeness (QED) is 0.717. The summed E-state index contributed by atoms with van der Waals surface area (Å²) in [6, 6.07) is 10.1. The highest BCUT2D eigenvalue weighted by atomic mass is 35.5. The van der Waals surface area contributed by atoms with E-state index in [1.165, 1.54) is 13.2 Å². The third-order valence-corrected chi connectivity index (χ3v) is 4.99. The van der Waals surface area contributed by atoms with Crippen molar-refractivity contribution in [1.82, 2.24) is 9.88 Å². The molecule has 1 unspecified atom stereocenters. The standard InChI is InChI=1S/C19H16ClFN2O2/c1-25-17-5-2-11(8-15(17)21)19-18-13(6-7-23(19)10-24)14-9-12(20)3-4-16(14)22-18/h2-5,8-10,19,22H,6-7H2,1H3. The van der Waals surface area contributed by atoms with Gasteiger partial charge in [0.25, 0.3) is 0 Å². The number of halogens is 2. The van der Waals surface area contributed by atoms with Gasteiger partial charge in [-0.2, -0.15) is 0 Å². The lowest BCUT2D eigenvalue weighted by molar-refractivity contribution is -0.120. The zero-order valence-electron chi connectivity index (χ0n) is 13.6. The largest absolute Gasteiger partial charge is 0.494 e. The van der Waals surface area contributed by atoms with Crippen LogP contribution in [-0.2, 0) is 11.2 Å². The maximum absolute atomic E-state index is 14.2. The molecule has 0 spiro atoms. The van der Waals surface area contributed by atoms with Gasteiger partial charge in [0.2, 0.25) is 6.41 Å². The number of methoxy groups -OCH3 is 1. The third kappa shape index (κ3) is 2.55. The van der Waals surface area contributed by atoms with Crippen LogP contribution in [0.3, 0.4) is 0 Å². The van der Waals surface area contributed by atoms with Gasteiger partial charge in [-0.1, -0.05) is 17.7 Å². The molecule has 3 aromatic rings. The fourth-order valence-electron chi connectivity index (χ4n) is 3.60. The normalized spacial score (nSPS) is 16.8. The molecule has 0 radical (unpaired) electrons. The summed E-state index contributed by atoms with van der Waals surface area (Å²) in [7, 11) is 1.43. The number of hydrogen-bond donors (Lipinski definition) is 1. The third-order valence-electron chi connectivity index (χ3n) is 4.75. The van der Waals surface area contributed by atoms with Crippen molar-refractivity contribution in [2.24, 2.45) is 0 Å². The van der Waals surface area contributed by atoms with Gasteiger partial charge in [0.15, 0.2) is 11.6 Å². The van der Waals surface area contributed by atoms with Gasteiger partial charge in [-0.05, 0) is 47.9 Å². The molecule has 0 fully saturated rings. The molecular weight excluding hydrogens is 343 g/mol. The molecule has 128 valence electrons. The van der Waals surface area contributed by atoms with Gasteiger partial charge >= 0.3 is 0 Å². The van der Waals surface area contributed by atoms with Crippen molar-refractivity contribution in [3.05, 3.63) is 64.1 Å². The molecule has 2 heterocycles. The van der Waals surface area contributed by atoms with Crippen LogP contribution in [0.4, 0.5) is 4.39 Å². The second-order valence-corrected chi connectivity index (χ2v) is 6.53. The highest BCUT2D eigenvalue weighted by Gasteiger charge is 2.31. The van der Waals surface area contributed by atoms with E-state index in [1.54, 1.807) is 17.0 Å². The molecule has 6 heteroatoms. The number of benzene rings is 2. The number of carbonyl (C=O) groups is 1. The lowest BCUT2D eigenvalue weighted by atomic mass is 9.92. The number of carbonyl (C=O) groups excluding carboxylic acids is 1. The Bertz CT molecular complexity index is 969. The maximum Gasteiger partial charge on any atom is 0.210 e. The first-order valence-corrected chi connectivity index (χ1v) is 8.34. The summed E-state index contributed by atoms with van der Waals surface area (Å²) in [6.45, 7) is 0.564.